The smallest absolute Gasteiger partial charge is 0.422 e. The second-order valence-corrected chi connectivity index (χ2v) is 8.09. The maximum Gasteiger partial charge on any atom is 0.422 e. The molecule has 1 rings (SSSR count). The molecule has 9 heteroatoms. The summed E-state index contributed by atoms with van der Waals surface area (Å²) in [5, 5.41) is 10.7. The highest BCUT2D eigenvalue weighted by atomic mass is 35.5. The Morgan fingerprint density at radius 3 is 2.35 bits per heavy atom. The number of rotatable bonds is 5. The van der Waals surface area contributed by atoms with Gasteiger partial charge in [0.15, 0.2) is 0 Å². The number of ether oxygens (including phenoxy) is 1. The largest absolute Gasteiger partial charge is 0.443 e. The van der Waals surface area contributed by atoms with Crippen LogP contribution in [-0.4, -0.2) is 31.8 Å². The van der Waals surface area contributed by atoms with Gasteiger partial charge in [0.25, 0.3) is 0 Å². The van der Waals surface area contributed by atoms with Crippen LogP contribution in [0.2, 0.25) is 5.02 Å². The maximum absolute atomic E-state index is 11.8. The highest BCUT2D eigenvalue weighted by Gasteiger charge is 2.29. The zero-order chi connectivity index (χ0) is 17.9. The number of halogens is 1. The van der Waals surface area contributed by atoms with Crippen LogP contribution in [0.3, 0.4) is 0 Å². The van der Waals surface area contributed by atoms with Gasteiger partial charge in [-0.15, -0.1) is 0 Å². The van der Waals surface area contributed by atoms with Crippen molar-refractivity contribution < 1.29 is 23.1 Å². The van der Waals surface area contributed by atoms with Gasteiger partial charge in [-0.2, -0.15) is 13.1 Å². The van der Waals surface area contributed by atoms with Gasteiger partial charge in [0, 0.05) is 17.1 Å². The topological polar surface area (TPSA) is 105 Å². The summed E-state index contributed by atoms with van der Waals surface area (Å²) in [5.74, 6) is 0. The second-order valence-electron chi connectivity index (χ2n) is 6.18. The minimum Gasteiger partial charge on any atom is -0.443 e. The molecule has 7 nitrogen and oxygen atoms in total. The van der Waals surface area contributed by atoms with Gasteiger partial charge in [0.05, 0.1) is 0 Å². The SMILES string of the molecule is CC(C)(C)OC(=O)NS(=O)(=O)NCC(C)(O)c1ccccc1Cl. The third kappa shape index (κ3) is 6.74. The van der Waals surface area contributed by atoms with Crippen molar-refractivity contribution in [3.63, 3.8) is 0 Å². The van der Waals surface area contributed by atoms with Crippen LogP contribution in [-0.2, 0) is 20.5 Å². The number of carbonyl (C=O) groups is 1. The minimum atomic E-state index is -4.18. The van der Waals surface area contributed by atoms with Crippen molar-refractivity contribution in [3.05, 3.63) is 34.9 Å². The van der Waals surface area contributed by atoms with E-state index in [2.05, 4.69) is 4.72 Å². The standard InChI is InChI=1S/C14H21ClN2O5S/c1-13(2,3)22-12(18)17-23(20,21)16-9-14(4,19)10-7-5-6-8-11(10)15/h5-8,16,19H,9H2,1-4H3,(H,17,18). The molecule has 1 aromatic carbocycles. The quantitative estimate of drug-likeness (QED) is 0.740. The molecule has 0 saturated carbocycles. The average Bonchev–Trinajstić information content (AvgIpc) is 2.34. The number of hydrogen-bond acceptors (Lipinski definition) is 5. The Kier molecular flexibility index (Phi) is 6.03. The lowest BCUT2D eigenvalue weighted by Crippen LogP contribution is -2.47. The van der Waals surface area contributed by atoms with Gasteiger partial charge in [-0.3, -0.25) is 0 Å². The van der Waals surface area contributed by atoms with E-state index in [1.807, 2.05) is 0 Å². The molecule has 1 aromatic rings. The van der Waals surface area contributed by atoms with Gasteiger partial charge >= 0.3 is 16.3 Å². The van der Waals surface area contributed by atoms with Crippen LogP contribution in [0, 0.1) is 0 Å². The maximum atomic E-state index is 11.8. The molecule has 0 spiro atoms. The summed E-state index contributed by atoms with van der Waals surface area (Å²) in [6, 6.07) is 6.52. The van der Waals surface area contributed by atoms with E-state index < -0.39 is 27.5 Å². The summed E-state index contributed by atoms with van der Waals surface area (Å²) in [5.41, 5.74) is -2.02. The number of hydrogen-bond donors (Lipinski definition) is 3. The average molecular weight is 365 g/mol. The van der Waals surface area contributed by atoms with E-state index in [0.29, 0.717) is 10.6 Å². The van der Waals surface area contributed by atoms with Crippen LogP contribution in [0.5, 0.6) is 0 Å². The number of amides is 1. The lowest BCUT2D eigenvalue weighted by molar-refractivity contribution is 0.0556. The van der Waals surface area contributed by atoms with E-state index in [1.165, 1.54) is 6.92 Å². The van der Waals surface area contributed by atoms with Gasteiger partial charge < -0.3 is 9.84 Å². The highest BCUT2D eigenvalue weighted by Crippen LogP contribution is 2.27. The normalized spacial score (nSPS) is 14.9. The molecule has 0 aliphatic rings. The molecule has 0 aliphatic carbocycles. The monoisotopic (exact) mass is 364 g/mol. The van der Waals surface area contributed by atoms with Crippen molar-refractivity contribution in [2.45, 2.75) is 38.9 Å². The summed E-state index contributed by atoms with van der Waals surface area (Å²) >= 11 is 5.99. The van der Waals surface area contributed by atoms with Crippen LogP contribution in [0.1, 0.15) is 33.3 Å². The number of aliphatic hydroxyl groups is 1. The Labute approximate surface area is 141 Å². The highest BCUT2D eigenvalue weighted by molar-refractivity contribution is 7.88. The van der Waals surface area contributed by atoms with Crippen LogP contribution >= 0.6 is 11.6 Å². The Balaban J connectivity index is 2.72. The lowest BCUT2D eigenvalue weighted by atomic mass is 9.96. The van der Waals surface area contributed by atoms with Crippen LogP contribution < -0.4 is 9.44 Å². The predicted octanol–water partition coefficient (Wildman–Crippen LogP) is 1.91. The van der Waals surface area contributed by atoms with Gasteiger partial charge in [-0.05, 0) is 33.8 Å². The van der Waals surface area contributed by atoms with Gasteiger partial charge in [0.2, 0.25) is 0 Å². The Hall–Kier alpha value is -1.35. The summed E-state index contributed by atoms with van der Waals surface area (Å²) in [4.78, 5) is 11.5. The summed E-state index contributed by atoms with van der Waals surface area (Å²) < 4.78 is 32.3. The van der Waals surface area contributed by atoms with Crippen molar-refractivity contribution in [2.75, 3.05) is 6.54 Å². The molecule has 3 N–H and O–H groups in total. The molecule has 23 heavy (non-hydrogen) atoms. The summed E-state index contributed by atoms with van der Waals surface area (Å²) in [6.45, 7) is 5.84. The fourth-order valence-electron chi connectivity index (χ4n) is 1.67. The zero-order valence-corrected chi connectivity index (χ0v) is 15.0. The second kappa shape index (κ2) is 7.04. The van der Waals surface area contributed by atoms with Crippen LogP contribution in [0.4, 0.5) is 4.79 Å². The molecule has 1 unspecified atom stereocenters. The Morgan fingerprint density at radius 2 is 1.83 bits per heavy atom. The predicted molar refractivity (Wildman–Crippen MR) is 87.3 cm³/mol. The first kappa shape index (κ1) is 19.7. The Morgan fingerprint density at radius 1 is 1.26 bits per heavy atom. The summed E-state index contributed by atoms with van der Waals surface area (Å²) in [7, 11) is -4.18. The molecule has 130 valence electrons. The first-order valence-corrected chi connectivity index (χ1v) is 8.66. The third-order valence-electron chi connectivity index (χ3n) is 2.68. The number of nitrogens with one attached hydrogen (secondary N) is 2. The Bertz CT molecular complexity index is 668. The molecule has 1 atom stereocenters. The minimum absolute atomic E-state index is 0.303. The molecule has 0 heterocycles. The summed E-state index contributed by atoms with van der Waals surface area (Å²) in [6.07, 6.45) is -1.11. The van der Waals surface area contributed by atoms with Crippen molar-refractivity contribution in [1.82, 2.24) is 9.44 Å². The van der Waals surface area contributed by atoms with Crippen molar-refractivity contribution >= 4 is 27.9 Å². The van der Waals surface area contributed by atoms with Crippen LogP contribution in [0.15, 0.2) is 24.3 Å². The third-order valence-corrected chi connectivity index (χ3v) is 3.97. The fourth-order valence-corrected chi connectivity index (χ4v) is 2.82. The molecular weight excluding hydrogens is 344 g/mol. The van der Waals surface area contributed by atoms with E-state index in [1.54, 1.807) is 49.8 Å². The molecule has 0 aliphatic heterocycles. The van der Waals surface area contributed by atoms with Crippen molar-refractivity contribution in [2.24, 2.45) is 0 Å². The van der Waals surface area contributed by atoms with E-state index in [0.717, 1.165) is 0 Å². The first-order chi connectivity index (χ1) is 10.3. The molecular formula is C14H21ClN2O5S. The van der Waals surface area contributed by atoms with E-state index in [9.17, 15) is 18.3 Å². The molecule has 0 radical (unpaired) electrons. The van der Waals surface area contributed by atoms with Gasteiger partial charge in [-0.25, -0.2) is 9.52 Å². The van der Waals surface area contributed by atoms with Crippen molar-refractivity contribution in [1.29, 1.82) is 0 Å². The number of carbonyl (C=O) groups excluding carboxylic acids is 1. The van der Waals surface area contributed by atoms with Gasteiger partial charge in [0.1, 0.15) is 11.2 Å². The van der Waals surface area contributed by atoms with E-state index >= 15 is 0 Å². The molecule has 0 fully saturated rings. The fraction of sp³-hybridized carbons (Fsp3) is 0.500. The zero-order valence-electron chi connectivity index (χ0n) is 13.4. The van der Waals surface area contributed by atoms with Crippen molar-refractivity contribution in [3.8, 4) is 0 Å². The molecule has 0 aromatic heterocycles. The van der Waals surface area contributed by atoms with Crippen LogP contribution in [0.25, 0.3) is 0 Å². The number of benzene rings is 1. The van der Waals surface area contributed by atoms with Gasteiger partial charge in [-0.1, -0.05) is 29.8 Å². The molecule has 1 amide bonds. The van der Waals surface area contributed by atoms with E-state index in [4.69, 9.17) is 16.3 Å². The molecule has 0 bridgehead atoms. The molecule has 0 saturated heterocycles. The first-order valence-electron chi connectivity index (χ1n) is 6.80. The van der Waals surface area contributed by atoms with E-state index in [-0.39, 0.29) is 6.54 Å². The lowest BCUT2D eigenvalue weighted by Gasteiger charge is -2.25.